The second-order valence-electron chi connectivity index (χ2n) is 25.9. The van der Waals surface area contributed by atoms with E-state index in [1.54, 1.807) is 0 Å². The SMILES string of the molecule is CCCCCC/C=C\CCCCCCCCCC(=O)NC1[C@H](O[C@@H]2C(CO)OC(O[C@@H]3C(CO)OC(O[C@@H]4C(CO)O[C@@H](O[C@@H]5C(CO[C@@H]6OC(C)[C@@H](O)C(O)[C@H]6OC)O[C@@H](O)C(NC(C)=O)[C@H]5O)C(NC(C)=O)[C@H]4O)[C@@H](NC(C)=O)[C@H]3O)[C@@H](NC(C)=O)[C@H]2O)OC(CO)[C@@H](O)[C@@H]1O. The fourth-order valence-corrected chi connectivity index (χ4v) is 13.0. The lowest BCUT2D eigenvalue weighted by molar-refractivity contribution is -0.368. The van der Waals surface area contributed by atoms with Gasteiger partial charge in [-0.15, -0.1) is 0 Å². The number of unbranched alkanes of at least 4 members (excludes halogenated alkanes) is 11. The summed E-state index contributed by atoms with van der Waals surface area (Å²) >= 11 is 0. The minimum absolute atomic E-state index is 0.0169. The number of hydrogen-bond donors (Lipinski definition) is 18. The Bertz CT molecular complexity index is 2450. The van der Waals surface area contributed by atoms with E-state index in [0.717, 1.165) is 79.1 Å². The molecule has 566 valence electrons. The van der Waals surface area contributed by atoms with Crippen molar-refractivity contribution in [2.75, 3.05) is 40.1 Å². The molecule has 0 bridgehead atoms. The zero-order chi connectivity index (χ0) is 72.1. The Labute approximate surface area is 569 Å². The predicted octanol–water partition coefficient (Wildman–Crippen LogP) is -5.68. The lowest BCUT2D eigenvalue weighted by atomic mass is 9.93. The van der Waals surface area contributed by atoms with E-state index >= 15 is 0 Å². The molecule has 0 spiro atoms. The third-order valence-electron chi connectivity index (χ3n) is 18.3. The van der Waals surface area contributed by atoms with E-state index in [-0.39, 0.29) is 6.42 Å². The maximum absolute atomic E-state index is 13.4. The molecule has 0 aromatic rings. The van der Waals surface area contributed by atoms with Crippen molar-refractivity contribution in [3.63, 3.8) is 0 Å². The molecule has 0 aliphatic carbocycles. The Balaban J connectivity index is 1.15. The monoisotopic (exact) mass is 1420 g/mol. The van der Waals surface area contributed by atoms with E-state index < -0.39 is 246 Å². The van der Waals surface area contributed by atoms with Gasteiger partial charge in [0.25, 0.3) is 0 Å². The number of aliphatic hydroxyl groups excluding tert-OH is 13. The van der Waals surface area contributed by atoms with Gasteiger partial charge in [0.05, 0.1) is 39.1 Å². The highest BCUT2D eigenvalue weighted by atomic mass is 16.8. The average Bonchev–Trinajstić information content (AvgIpc) is 0.773. The van der Waals surface area contributed by atoms with Gasteiger partial charge in [0, 0.05) is 41.2 Å². The first-order valence-electron chi connectivity index (χ1n) is 34.0. The molecule has 0 aromatic carbocycles. The summed E-state index contributed by atoms with van der Waals surface area (Å²) < 4.78 is 71.9. The molecule has 98 heavy (non-hydrogen) atoms. The molecule has 6 aliphatic heterocycles. The van der Waals surface area contributed by atoms with E-state index in [9.17, 15) is 90.4 Å². The molecule has 18 N–H and O–H groups in total. The summed E-state index contributed by atoms with van der Waals surface area (Å²) in [6.45, 7) is 3.37. The van der Waals surface area contributed by atoms with Gasteiger partial charge in [-0.05, 0) is 39.0 Å². The zero-order valence-corrected chi connectivity index (χ0v) is 56.7. The number of aliphatic hydroxyl groups is 13. The van der Waals surface area contributed by atoms with Crippen LogP contribution < -0.4 is 26.6 Å². The number of ether oxygens (including phenoxy) is 12. The van der Waals surface area contributed by atoms with Crippen molar-refractivity contribution in [3.8, 4) is 0 Å². The Hall–Kier alpha value is -3.91. The van der Waals surface area contributed by atoms with Crippen molar-refractivity contribution >= 4 is 29.5 Å². The van der Waals surface area contributed by atoms with Crippen LogP contribution in [0, 0.1) is 0 Å². The molecule has 35 nitrogen and oxygen atoms in total. The van der Waals surface area contributed by atoms with Gasteiger partial charge in [0.2, 0.25) is 29.5 Å². The molecule has 30 atom stereocenters. The zero-order valence-electron chi connectivity index (χ0n) is 56.7. The molecule has 0 radical (unpaired) electrons. The van der Waals surface area contributed by atoms with E-state index in [4.69, 9.17) is 56.8 Å². The third kappa shape index (κ3) is 22.5. The van der Waals surface area contributed by atoms with Gasteiger partial charge in [-0.2, -0.15) is 0 Å². The molecule has 0 aromatic heterocycles. The van der Waals surface area contributed by atoms with Crippen LogP contribution in [0.25, 0.3) is 0 Å². The predicted molar refractivity (Wildman–Crippen MR) is 334 cm³/mol. The average molecular weight is 1420 g/mol. The maximum Gasteiger partial charge on any atom is 0.220 e. The molecule has 6 rings (SSSR count). The lowest BCUT2D eigenvalue weighted by Gasteiger charge is -2.51. The first kappa shape index (κ1) is 83.0. The smallest absolute Gasteiger partial charge is 0.220 e. The topological polar surface area (TPSA) is 519 Å². The normalized spacial score (nSPS) is 40.0. The van der Waals surface area contributed by atoms with Gasteiger partial charge < -0.3 is 150 Å². The van der Waals surface area contributed by atoms with Crippen molar-refractivity contribution < 1.29 is 147 Å². The summed E-state index contributed by atoms with van der Waals surface area (Å²) in [4.78, 5) is 64.5. The molecular formula is C63H109N5O30. The summed E-state index contributed by atoms with van der Waals surface area (Å²) in [5.74, 6) is -3.71. The second kappa shape index (κ2) is 40.8. The molecule has 0 saturated carbocycles. The molecule has 5 amide bonds. The summed E-state index contributed by atoms with van der Waals surface area (Å²) in [7, 11) is 1.21. The van der Waals surface area contributed by atoms with E-state index in [1.807, 2.05) is 0 Å². The van der Waals surface area contributed by atoms with Crippen LogP contribution >= 0.6 is 0 Å². The second-order valence-corrected chi connectivity index (χ2v) is 25.9. The number of allylic oxidation sites excluding steroid dienone is 2. The third-order valence-corrected chi connectivity index (χ3v) is 18.3. The summed E-state index contributed by atoms with van der Waals surface area (Å²) in [6, 6.07) is -8.35. The number of nitrogens with one attached hydrogen (secondary N) is 5. The van der Waals surface area contributed by atoms with Crippen LogP contribution in [-0.2, 0) is 80.8 Å². The van der Waals surface area contributed by atoms with Crippen molar-refractivity contribution in [2.24, 2.45) is 0 Å². The van der Waals surface area contributed by atoms with Crippen molar-refractivity contribution in [3.05, 3.63) is 12.2 Å². The first-order valence-corrected chi connectivity index (χ1v) is 34.0. The molecule has 6 saturated heterocycles. The van der Waals surface area contributed by atoms with Gasteiger partial charge in [0.1, 0.15) is 140 Å². The van der Waals surface area contributed by atoms with E-state index in [0.29, 0.717) is 6.42 Å². The fourth-order valence-electron chi connectivity index (χ4n) is 13.0. The quantitative estimate of drug-likeness (QED) is 0.0205. The molecule has 35 heteroatoms. The van der Waals surface area contributed by atoms with Crippen LogP contribution in [0.4, 0.5) is 0 Å². The molecule has 6 heterocycles. The van der Waals surface area contributed by atoms with Crippen molar-refractivity contribution in [1.82, 2.24) is 26.6 Å². The van der Waals surface area contributed by atoms with E-state index in [1.165, 1.54) is 39.7 Å². The highest BCUT2D eigenvalue weighted by Crippen LogP contribution is 2.37. The Morgan fingerprint density at radius 3 is 1.16 bits per heavy atom. The highest BCUT2D eigenvalue weighted by Gasteiger charge is 2.58. The number of rotatable bonds is 36. The molecule has 6 fully saturated rings. The number of methoxy groups -OCH3 is 1. The summed E-state index contributed by atoms with van der Waals surface area (Å²) in [6.07, 6.45) is -24.7. The Morgan fingerprint density at radius 1 is 0.388 bits per heavy atom. The first-order chi connectivity index (χ1) is 46.7. The van der Waals surface area contributed by atoms with Crippen molar-refractivity contribution in [2.45, 2.75) is 315 Å². The Morgan fingerprint density at radius 2 is 0.755 bits per heavy atom. The summed E-state index contributed by atoms with van der Waals surface area (Å²) in [5, 5.41) is 158. The standard InChI is InChI=1S/C63H109N5O30/c1-8-9-10-11-12-13-14-15-16-17-18-19-20-21-22-23-39(77)68-41-47(80)46(79)34(24-69)91-59(41)95-53-35(25-70)92-60(42(49(53)82)65-31(4)74)96-54-36(26-71)93-61(43(50(54)83)66-32(5)75)97-55-37(27-72)94-62(44(51(55)84)67-33(6)76)98-56-38(90-58(86)40(48(56)81)64-30(3)73)28-88-63-57(87-7)52(85)45(78)29(2)89-63/h13-14,29,34-38,40-63,69-72,78-86H,8-12,15-28H2,1-7H3,(H,64,73)(H,65,74)(H,66,75)(H,67,76)(H,68,77)/b14-13-/t29?,34?,35?,36?,37?,38?,40?,41?,42-,43-,44?,45+,46+,47+,48+,49+,50+,51+,52?,53+,54+,55+,56+,57+,58+,59-,60?,61?,62-,63+/m0/s1. The summed E-state index contributed by atoms with van der Waals surface area (Å²) in [5.41, 5.74) is 0. The van der Waals surface area contributed by atoms with E-state index in [2.05, 4.69) is 45.7 Å². The lowest BCUT2D eigenvalue weighted by Crippen LogP contribution is -2.72. The van der Waals surface area contributed by atoms with Crippen LogP contribution in [0.3, 0.4) is 0 Å². The highest BCUT2D eigenvalue weighted by molar-refractivity contribution is 5.76. The molecule has 12 unspecified atom stereocenters. The van der Waals surface area contributed by atoms with Crippen LogP contribution in [-0.4, -0.2) is 320 Å². The van der Waals surface area contributed by atoms with Crippen LogP contribution in [0.1, 0.15) is 131 Å². The van der Waals surface area contributed by atoms with Gasteiger partial charge in [-0.3, -0.25) is 24.0 Å². The van der Waals surface area contributed by atoms with Crippen LogP contribution in [0.15, 0.2) is 12.2 Å². The Kier molecular flexibility index (Phi) is 34.6. The maximum atomic E-state index is 13.4. The van der Waals surface area contributed by atoms with Gasteiger partial charge in [-0.1, -0.05) is 70.4 Å². The molecular weight excluding hydrogens is 1310 g/mol. The largest absolute Gasteiger partial charge is 0.394 e. The van der Waals surface area contributed by atoms with Crippen LogP contribution in [0.2, 0.25) is 0 Å². The minimum Gasteiger partial charge on any atom is -0.394 e. The van der Waals surface area contributed by atoms with Gasteiger partial charge in [0.15, 0.2) is 37.7 Å². The number of hydrogen-bond acceptors (Lipinski definition) is 30. The van der Waals surface area contributed by atoms with Gasteiger partial charge in [-0.25, -0.2) is 0 Å². The van der Waals surface area contributed by atoms with Gasteiger partial charge >= 0.3 is 0 Å². The molecule has 6 aliphatic rings. The van der Waals surface area contributed by atoms with Crippen LogP contribution in [0.5, 0.6) is 0 Å². The fraction of sp³-hybridized carbons (Fsp3) is 0.889. The number of amides is 5. The number of carbonyl (C=O) groups excluding carboxylic acids is 5. The van der Waals surface area contributed by atoms with Crippen molar-refractivity contribution in [1.29, 1.82) is 0 Å². The minimum atomic E-state index is -2.05. The number of carbonyl (C=O) groups is 5.